The molecule has 0 saturated heterocycles. The lowest BCUT2D eigenvalue weighted by Gasteiger charge is -1.88. The first-order valence-electron chi connectivity index (χ1n) is 3.23. The second-order valence-electron chi connectivity index (χ2n) is 1.35. The molecule has 42 valence electrons. The molecule has 0 saturated carbocycles. The summed E-state index contributed by atoms with van der Waals surface area (Å²) in [6.07, 6.45) is 2.81. The minimum absolute atomic E-state index is 0.176. The van der Waals surface area contributed by atoms with Crippen LogP contribution in [0.15, 0.2) is 24.5 Å². The Hall–Kier alpha value is -0.890. The van der Waals surface area contributed by atoms with Gasteiger partial charge in [-0.15, -0.1) is 0 Å². The Morgan fingerprint density at radius 2 is 2.75 bits per heavy atom. The molecule has 0 fully saturated rings. The molecule has 0 radical (unpaired) electrons. The van der Waals surface area contributed by atoms with E-state index in [0.29, 0.717) is 0 Å². The topological polar surface area (TPSA) is 33.1 Å². The van der Waals surface area contributed by atoms with Gasteiger partial charge in [0, 0.05) is 12.4 Å². The van der Waals surface area contributed by atoms with Crippen LogP contribution >= 0.6 is 0 Å². The number of rotatable bonds is 1. The maximum absolute atomic E-state index is 8.78. The number of hydrogen-bond acceptors (Lipinski definition) is 2. The van der Waals surface area contributed by atoms with E-state index in [9.17, 15) is 0 Å². The third-order valence-corrected chi connectivity index (χ3v) is 0.791. The Morgan fingerprint density at radius 3 is 3.12 bits per heavy atom. The van der Waals surface area contributed by atoms with E-state index in [4.69, 9.17) is 7.85 Å². The van der Waals surface area contributed by atoms with E-state index in [1.54, 1.807) is 6.07 Å². The average molecular weight is 111 g/mol. The Kier molecular flexibility index (Phi) is 0.970. The smallest absolute Gasteiger partial charge is 0.0696 e. The van der Waals surface area contributed by atoms with Crippen molar-refractivity contribution in [2.75, 3.05) is 0 Å². The van der Waals surface area contributed by atoms with Gasteiger partial charge in [-0.05, 0) is 11.6 Å². The Balaban J connectivity index is 2.97. The number of pyridine rings is 1. The van der Waals surface area contributed by atoms with Crippen LogP contribution in [0.4, 0.5) is 0 Å². The average Bonchev–Trinajstić information content (AvgIpc) is 1.88. The molecule has 1 aromatic rings. The minimum atomic E-state index is -2.27. The van der Waals surface area contributed by atoms with E-state index in [0.717, 1.165) is 0 Å². The molecule has 0 spiro atoms. The van der Waals surface area contributed by atoms with Crippen molar-refractivity contribution in [1.29, 1.82) is 0 Å². The van der Waals surface area contributed by atoms with E-state index in [2.05, 4.69) is 4.98 Å². The minimum Gasteiger partial charge on any atom is -0.392 e. The largest absolute Gasteiger partial charge is 0.392 e. The molecular formula is C6H7NO. The standard InChI is InChI=1S/C6H7NO/c8-5-6-2-1-3-7-4-6/h1-4,8H,5H2/i5D2. The lowest BCUT2D eigenvalue weighted by atomic mass is 10.3. The molecule has 0 aliphatic heterocycles. The SMILES string of the molecule is [2H]C([2H])(O)c1cccnc1. The van der Waals surface area contributed by atoms with Crippen molar-refractivity contribution in [3.05, 3.63) is 30.1 Å². The van der Waals surface area contributed by atoms with Gasteiger partial charge in [-0.3, -0.25) is 4.98 Å². The summed E-state index contributed by atoms with van der Waals surface area (Å²) >= 11 is 0. The van der Waals surface area contributed by atoms with E-state index in [1.165, 1.54) is 18.5 Å². The molecular weight excluding hydrogens is 102 g/mol. The van der Waals surface area contributed by atoms with Crippen molar-refractivity contribution in [2.45, 2.75) is 6.56 Å². The fourth-order valence-electron chi connectivity index (χ4n) is 0.429. The third-order valence-electron chi connectivity index (χ3n) is 0.791. The fourth-order valence-corrected chi connectivity index (χ4v) is 0.429. The molecule has 0 atom stereocenters. The summed E-state index contributed by atoms with van der Waals surface area (Å²) in [5, 5.41) is 8.78. The van der Waals surface area contributed by atoms with Gasteiger partial charge in [0.2, 0.25) is 0 Å². The maximum Gasteiger partial charge on any atom is 0.0696 e. The summed E-state index contributed by atoms with van der Waals surface area (Å²) in [5.41, 5.74) is 0.176. The Morgan fingerprint density at radius 1 is 1.88 bits per heavy atom. The molecule has 0 amide bonds. The highest BCUT2D eigenvalue weighted by Gasteiger charge is 1.82. The molecule has 0 unspecified atom stereocenters. The van der Waals surface area contributed by atoms with Gasteiger partial charge in [-0.25, -0.2) is 0 Å². The van der Waals surface area contributed by atoms with Gasteiger partial charge in [0.1, 0.15) is 0 Å². The number of aromatic nitrogens is 1. The quantitative estimate of drug-likeness (QED) is 0.574. The van der Waals surface area contributed by atoms with E-state index < -0.39 is 6.56 Å². The molecule has 1 rings (SSSR count). The fraction of sp³-hybridized carbons (Fsp3) is 0.167. The first kappa shape index (κ1) is 3.20. The predicted octanol–water partition coefficient (Wildman–Crippen LogP) is 0.574. The summed E-state index contributed by atoms with van der Waals surface area (Å²) in [5.74, 6) is 0. The molecule has 1 aromatic heterocycles. The summed E-state index contributed by atoms with van der Waals surface area (Å²) in [4.78, 5) is 3.65. The van der Waals surface area contributed by atoms with Crippen LogP contribution in [-0.4, -0.2) is 10.1 Å². The van der Waals surface area contributed by atoms with Gasteiger partial charge < -0.3 is 5.11 Å². The van der Waals surface area contributed by atoms with Gasteiger partial charge in [0.15, 0.2) is 0 Å². The zero-order chi connectivity index (χ0) is 7.61. The van der Waals surface area contributed by atoms with Gasteiger partial charge >= 0.3 is 0 Å². The summed E-state index contributed by atoms with van der Waals surface area (Å²) < 4.78 is 13.7. The summed E-state index contributed by atoms with van der Waals surface area (Å²) in [6, 6.07) is 3.05. The Labute approximate surface area is 50.6 Å². The zero-order valence-electron chi connectivity index (χ0n) is 6.20. The second-order valence-corrected chi connectivity index (χ2v) is 1.35. The van der Waals surface area contributed by atoms with Crippen LogP contribution in [0.2, 0.25) is 0 Å². The van der Waals surface area contributed by atoms with Crippen molar-refractivity contribution in [3.8, 4) is 0 Å². The highest BCUT2D eigenvalue weighted by Crippen LogP contribution is 1.92. The number of hydrogen-bond donors (Lipinski definition) is 1. The van der Waals surface area contributed by atoms with Crippen molar-refractivity contribution in [1.82, 2.24) is 4.98 Å². The predicted molar refractivity (Wildman–Crippen MR) is 30.2 cm³/mol. The molecule has 0 bridgehead atoms. The van der Waals surface area contributed by atoms with E-state index in [-0.39, 0.29) is 5.56 Å². The molecule has 2 heteroatoms. The molecule has 1 N–H and O–H groups in total. The molecule has 1 heterocycles. The van der Waals surface area contributed by atoms with E-state index >= 15 is 0 Å². The van der Waals surface area contributed by atoms with Crippen molar-refractivity contribution < 1.29 is 7.85 Å². The summed E-state index contributed by atoms with van der Waals surface area (Å²) in [6.45, 7) is -2.27. The van der Waals surface area contributed by atoms with Crippen molar-refractivity contribution in [2.24, 2.45) is 0 Å². The van der Waals surface area contributed by atoms with Gasteiger partial charge in [0.05, 0.1) is 9.30 Å². The van der Waals surface area contributed by atoms with Gasteiger partial charge in [-0.1, -0.05) is 6.07 Å². The van der Waals surface area contributed by atoms with E-state index in [1.807, 2.05) is 0 Å². The molecule has 0 aliphatic carbocycles. The lowest BCUT2D eigenvalue weighted by molar-refractivity contribution is 0.281. The first-order chi connectivity index (χ1) is 4.61. The van der Waals surface area contributed by atoms with Crippen LogP contribution in [0.1, 0.15) is 8.30 Å². The second kappa shape index (κ2) is 2.43. The zero-order valence-corrected chi connectivity index (χ0v) is 4.20. The monoisotopic (exact) mass is 111 g/mol. The van der Waals surface area contributed by atoms with Crippen LogP contribution in [0.25, 0.3) is 0 Å². The number of nitrogens with zero attached hydrogens (tertiary/aromatic N) is 1. The normalized spacial score (nSPS) is 14.6. The number of aliphatic hydroxyl groups is 1. The van der Waals surface area contributed by atoms with Crippen LogP contribution in [0.5, 0.6) is 0 Å². The van der Waals surface area contributed by atoms with Crippen molar-refractivity contribution >= 4 is 0 Å². The summed E-state index contributed by atoms with van der Waals surface area (Å²) in [7, 11) is 0. The highest BCUT2D eigenvalue weighted by molar-refractivity contribution is 5.06. The van der Waals surface area contributed by atoms with Gasteiger partial charge in [-0.2, -0.15) is 0 Å². The first-order valence-corrected chi connectivity index (χ1v) is 2.23. The molecule has 0 aromatic carbocycles. The van der Waals surface area contributed by atoms with Crippen LogP contribution in [0, 0.1) is 0 Å². The Bertz CT molecular complexity index is 207. The highest BCUT2D eigenvalue weighted by atomic mass is 16.3. The van der Waals surface area contributed by atoms with Crippen LogP contribution < -0.4 is 0 Å². The van der Waals surface area contributed by atoms with Gasteiger partial charge in [0.25, 0.3) is 0 Å². The maximum atomic E-state index is 8.78. The van der Waals surface area contributed by atoms with Crippen molar-refractivity contribution in [3.63, 3.8) is 0 Å². The van der Waals surface area contributed by atoms with Crippen LogP contribution in [0.3, 0.4) is 0 Å². The third kappa shape index (κ3) is 1.04. The molecule has 2 nitrogen and oxygen atoms in total. The molecule has 8 heavy (non-hydrogen) atoms. The molecule has 0 aliphatic rings. The lowest BCUT2D eigenvalue weighted by Crippen LogP contribution is -1.80. The van der Waals surface area contributed by atoms with Crippen LogP contribution in [-0.2, 0) is 6.56 Å².